The van der Waals surface area contributed by atoms with Crippen LogP contribution in [0.5, 0.6) is 0 Å². The van der Waals surface area contributed by atoms with Crippen LogP contribution in [-0.4, -0.2) is 12.6 Å². The van der Waals surface area contributed by atoms with Crippen molar-refractivity contribution in [3.8, 4) is 0 Å². The van der Waals surface area contributed by atoms with Gasteiger partial charge in [0, 0.05) is 12.0 Å². The molecule has 0 aromatic heterocycles. The molecule has 2 heteroatoms. The van der Waals surface area contributed by atoms with E-state index in [1.165, 1.54) is 16.7 Å². The molecule has 0 unspecified atom stereocenters. The number of fused-ring (bicyclic) bond motifs is 1. The number of hydrogen-bond acceptors (Lipinski definition) is 2. The Labute approximate surface area is 95.9 Å². The van der Waals surface area contributed by atoms with E-state index < -0.39 is 0 Å². The SMILES string of the molecule is CCOC(=O)C1=C(C)c2cc(C)ccc2C1. The Morgan fingerprint density at radius 1 is 1.38 bits per heavy atom. The molecule has 0 N–H and O–H groups in total. The number of aryl methyl sites for hydroxylation is 1. The minimum Gasteiger partial charge on any atom is -0.463 e. The Balaban J connectivity index is 2.37. The number of carbonyl (C=O) groups excluding carboxylic acids is 1. The molecule has 0 radical (unpaired) electrons. The average Bonchev–Trinajstić information content (AvgIpc) is 2.57. The summed E-state index contributed by atoms with van der Waals surface area (Å²) in [5.74, 6) is -0.172. The third-order valence-corrected chi connectivity index (χ3v) is 3.01. The fraction of sp³-hybridized carbons (Fsp3) is 0.357. The van der Waals surface area contributed by atoms with Crippen molar-refractivity contribution >= 4 is 11.5 Å². The van der Waals surface area contributed by atoms with Crippen molar-refractivity contribution < 1.29 is 9.53 Å². The maximum atomic E-state index is 11.7. The van der Waals surface area contributed by atoms with E-state index in [1.807, 2.05) is 13.8 Å². The van der Waals surface area contributed by atoms with Crippen molar-refractivity contribution in [2.45, 2.75) is 27.2 Å². The van der Waals surface area contributed by atoms with Crippen molar-refractivity contribution in [3.05, 3.63) is 40.5 Å². The Morgan fingerprint density at radius 2 is 2.12 bits per heavy atom. The summed E-state index contributed by atoms with van der Waals surface area (Å²) in [4.78, 5) is 11.7. The first-order valence-electron chi connectivity index (χ1n) is 5.60. The van der Waals surface area contributed by atoms with Crippen LogP contribution in [0.1, 0.15) is 30.5 Å². The molecule has 1 aliphatic rings. The van der Waals surface area contributed by atoms with Gasteiger partial charge in [0.2, 0.25) is 0 Å². The molecule has 16 heavy (non-hydrogen) atoms. The quantitative estimate of drug-likeness (QED) is 0.710. The normalized spacial score (nSPS) is 13.9. The fourth-order valence-electron chi connectivity index (χ4n) is 2.12. The van der Waals surface area contributed by atoms with Crippen molar-refractivity contribution in [3.63, 3.8) is 0 Å². The third-order valence-electron chi connectivity index (χ3n) is 3.01. The minimum atomic E-state index is -0.172. The second-order valence-corrected chi connectivity index (χ2v) is 4.16. The summed E-state index contributed by atoms with van der Waals surface area (Å²) in [7, 11) is 0. The molecule has 0 spiro atoms. The summed E-state index contributed by atoms with van der Waals surface area (Å²) in [6.07, 6.45) is 0.709. The molecule has 84 valence electrons. The van der Waals surface area contributed by atoms with Gasteiger partial charge in [0.25, 0.3) is 0 Å². The Hall–Kier alpha value is -1.57. The second kappa shape index (κ2) is 4.12. The molecule has 1 aliphatic carbocycles. The zero-order valence-electron chi connectivity index (χ0n) is 9.96. The molecule has 0 amide bonds. The second-order valence-electron chi connectivity index (χ2n) is 4.16. The lowest BCUT2D eigenvalue weighted by Crippen LogP contribution is -2.08. The van der Waals surface area contributed by atoms with Gasteiger partial charge in [0.15, 0.2) is 0 Å². The average molecular weight is 216 g/mol. The highest BCUT2D eigenvalue weighted by atomic mass is 16.5. The monoisotopic (exact) mass is 216 g/mol. The summed E-state index contributed by atoms with van der Waals surface area (Å²) >= 11 is 0. The number of allylic oxidation sites excluding steroid dienone is 1. The van der Waals surface area contributed by atoms with E-state index >= 15 is 0 Å². The lowest BCUT2D eigenvalue weighted by molar-refractivity contribution is -0.138. The summed E-state index contributed by atoms with van der Waals surface area (Å²) in [6, 6.07) is 6.32. The van der Waals surface area contributed by atoms with E-state index in [0.29, 0.717) is 13.0 Å². The van der Waals surface area contributed by atoms with Crippen LogP contribution in [0.25, 0.3) is 5.57 Å². The van der Waals surface area contributed by atoms with E-state index in [0.717, 1.165) is 11.1 Å². The molecular formula is C14H16O2. The highest BCUT2D eigenvalue weighted by molar-refractivity contribution is 6.00. The van der Waals surface area contributed by atoms with E-state index in [4.69, 9.17) is 4.74 Å². The topological polar surface area (TPSA) is 26.3 Å². The van der Waals surface area contributed by atoms with Gasteiger partial charge in [-0.05, 0) is 37.5 Å². The molecule has 0 saturated carbocycles. The van der Waals surface area contributed by atoms with Crippen LogP contribution in [0.2, 0.25) is 0 Å². The van der Waals surface area contributed by atoms with E-state index in [2.05, 4.69) is 25.1 Å². The van der Waals surface area contributed by atoms with Gasteiger partial charge in [-0.2, -0.15) is 0 Å². The highest BCUT2D eigenvalue weighted by Crippen LogP contribution is 2.33. The summed E-state index contributed by atoms with van der Waals surface area (Å²) in [6.45, 7) is 6.33. The smallest absolute Gasteiger partial charge is 0.334 e. The van der Waals surface area contributed by atoms with E-state index in [1.54, 1.807) is 0 Å². The van der Waals surface area contributed by atoms with Gasteiger partial charge >= 0.3 is 5.97 Å². The first kappa shape index (κ1) is 10.9. The lowest BCUT2D eigenvalue weighted by Gasteiger charge is -2.03. The molecule has 0 bridgehead atoms. The number of carbonyl (C=O) groups is 1. The van der Waals surface area contributed by atoms with Gasteiger partial charge in [0.1, 0.15) is 0 Å². The molecule has 2 rings (SSSR count). The van der Waals surface area contributed by atoms with Gasteiger partial charge in [-0.1, -0.05) is 23.8 Å². The minimum absolute atomic E-state index is 0.172. The third kappa shape index (κ3) is 1.75. The van der Waals surface area contributed by atoms with Gasteiger partial charge < -0.3 is 4.74 Å². The molecular weight excluding hydrogens is 200 g/mol. The number of ether oxygens (including phenoxy) is 1. The van der Waals surface area contributed by atoms with Gasteiger partial charge in [-0.25, -0.2) is 4.79 Å². The first-order chi connectivity index (χ1) is 7.63. The number of hydrogen-bond donors (Lipinski definition) is 0. The van der Waals surface area contributed by atoms with Crippen LogP contribution in [0.15, 0.2) is 23.8 Å². The maximum absolute atomic E-state index is 11.7. The van der Waals surface area contributed by atoms with Crippen LogP contribution in [0.4, 0.5) is 0 Å². The first-order valence-corrected chi connectivity index (χ1v) is 5.60. The molecule has 0 heterocycles. The predicted molar refractivity (Wildman–Crippen MR) is 64.1 cm³/mol. The van der Waals surface area contributed by atoms with Crippen LogP contribution in [0.3, 0.4) is 0 Å². The van der Waals surface area contributed by atoms with Gasteiger partial charge in [0.05, 0.1) is 6.61 Å². The molecule has 1 aromatic rings. The Bertz CT molecular complexity index is 470. The number of esters is 1. The molecule has 2 nitrogen and oxygen atoms in total. The zero-order valence-corrected chi connectivity index (χ0v) is 9.96. The van der Waals surface area contributed by atoms with Gasteiger partial charge in [-0.3, -0.25) is 0 Å². The van der Waals surface area contributed by atoms with Crippen LogP contribution in [-0.2, 0) is 16.0 Å². The van der Waals surface area contributed by atoms with Crippen molar-refractivity contribution in [1.29, 1.82) is 0 Å². The molecule has 0 atom stereocenters. The standard InChI is InChI=1S/C14H16O2/c1-4-16-14(15)13-8-11-6-5-9(2)7-12(11)10(13)3/h5-7H,4,8H2,1-3H3. The summed E-state index contributed by atoms with van der Waals surface area (Å²) < 4.78 is 5.06. The highest BCUT2D eigenvalue weighted by Gasteiger charge is 2.24. The van der Waals surface area contributed by atoms with Crippen molar-refractivity contribution in [2.24, 2.45) is 0 Å². The van der Waals surface area contributed by atoms with Crippen molar-refractivity contribution in [2.75, 3.05) is 6.61 Å². The fourth-order valence-corrected chi connectivity index (χ4v) is 2.12. The molecule has 0 aliphatic heterocycles. The summed E-state index contributed by atoms with van der Waals surface area (Å²) in [5.41, 5.74) is 5.53. The van der Waals surface area contributed by atoms with E-state index in [-0.39, 0.29) is 5.97 Å². The van der Waals surface area contributed by atoms with Crippen LogP contribution < -0.4 is 0 Å². The Morgan fingerprint density at radius 3 is 2.81 bits per heavy atom. The molecule has 1 aromatic carbocycles. The van der Waals surface area contributed by atoms with Crippen LogP contribution >= 0.6 is 0 Å². The predicted octanol–water partition coefficient (Wildman–Crippen LogP) is 2.89. The molecule has 0 fully saturated rings. The lowest BCUT2D eigenvalue weighted by atomic mass is 10.0. The zero-order chi connectivity index (χ0) is 11.7. The number of rotatable bonds is 2. The molecule has 0 saturated heterocycles. The maximum Gasteiger partial charge on any atom is 0.334 e. The Kier molecular flexibility index (Phi) is 2.82. The number of benzene rings is 1. The largest absolute Gasteiger partial charge is 0.463 e. The van der Waals surface area contributed by atoms with E-state index in [9.17, 15) is 4.79 Å². The van der Waals surface area contributed by atoms with Crippen molar-refractivity contribution in [1.82, 2.24) is 0 Å². The summed E-state index contributed by atoms with van der Waals surface area (Å²) in [5, 5.41) is 0. The van der Waals surface area contributed by atoms with Crippen LogP contribution in [0, 0.1) is 6.92 Å². The van der Waals surface area contributed by atoms with Gasteiger partial charge in [-0.15, -0.1) is 0 Å².